The summed E-state index contributed by atoms with van der Waals surface area (Å²) in [4.78, 5) is 18.1. The van der Waals surface area contributed by atoms with Crippen molar-refractivity contribution in [3.8, 4) is 0 Å². The third-order valence-electron chi connectivity index (χ3n) is 2.33. The molecule has 0 atom stereocenters. The van der Waals surface area contributed by atoms with Gasteiger partial charge in [-0.05, 0) is 20.0 Å². The number of likely N-dealkylation sites (N-methyl/N-ethyl adjacent to an activating group) is 1. The number of anilines is 1. The normalized spacial score (nSPS) is 11.2. The summed E-state index contributed by atoms with van der Waals surface area (Å²) >= 11 is 0. The molecule has 0 aromatic carbocycles. The minimum atomic E-state index is -0.0417. The first-order valence-corrected chi connectivity index (χ1v) is 5.94. The summed E-state index contributed by atoms with van der Waals surface area (Å²) < 4.78 is 1.70. The zero-order chi connectivity index (χ0) is 12.8. The van der Waals surface area contributed by atoms with Crippen molar-refractivity contribution in [2.75, 3.05) is 32.5 Å². The van der Waals surface area contributed by atoms with Crippen LogP contribution in [0.1, 0.15) is 13.8 Å². The predicted octanol–water partition coefficient (Wildman–Crippen LogP) is 0.873. The highest BCUT2D eigenvalue weighted by molar-refractivity contribution is 5.30. The van der Waals surface area contributed by atoms with Crippen molar-refractivity contribution in [1.29, 1.82) is 0 Å². The van der Waals surface area contributed by atoms with Crippen LogP contribution in [0, 0.1) is 5.92 Å². The van der Waals surface area contributed by atoms with Crippen LogP contribution in [-0.2, 0) is 6.54 Å². The minimum absolute atomic E-state index is 0.0417. The van der Waals surface area contributed by atoms with Gasteiger partial charge in [0.1, 0.15) is 0 Å². The van der Waals surface area contributed by atoms with Crippen LogP contribution in [0.5, 0.6) is 0 Å². The van der Waals surface area contributed by atoms with E-state index in [1.54, 1.807) is 17.0 Å². The van der Waals surface area contributed by atoms with Gasteiger partial charge in [0.05, 0.1) is 0 Å². The van der Waals surface area contributed by atoms with Gasteiger partial charge in [0.25, 0.3) is 5.56 Å². The van der Waals surface area contributed by atoms with Gasteiger partial charge < -0.3 is 14.8 Å². The van der Waals surface area contributed by atoms with E-state index < -0.39 is 0 Å². The Morgan fingerprint density at radius 2 is 2.18 bits per heavy atom. The molecule has 1 N–H and O–H groups in total. The second kappa shape index (κ2) is 6.39. The second-order valence-electron chi connectivity index (χ2n) is 4.86. The van der Waals surface area contributed by atoms with E-state index in [4.69, 9.17) is 0 Å². The van der Waals surface area contributed by atoms with Crippen molar-refractivity contribution in [2.24, 2.45) is 5.92 Å². The van der Waals surface area contributed by atoms with Gasteiger partial charge in [-0.2, -0.15) is 0 Å². The van der Waals surface area contributed by atoms with E-state index in [1.165, 1.54) is 0 Å². The number of hydrogen-bond donors (Lipinski definition) is 1. The lowest BCUT2D eigenvalue weighted by atomic mass is 10.2. The molecule has 1 heterocycles. The van der Waals surface area contributed by atoms with E-state index in [-0.39, 0.29) is 5.56 Å². The van der Waals surface area contributed by atoms with Gasteiger partial charge in [0, 0.05) is 32.0 Å². The van der Waals surface area contributed by atoms with Crippen molar-refractivity contribution >= 4 is 5.82 Å². The highest BCUT2D eigenvalue weighted by atomic mass is 16.1. The predicted molar refractivity (Wildman–Crippen MR) is 70.4 cm³/mol. The van der Waals surface area contributed by atoms with Crippen molar-refractivity contribution in [1.82, 2.24) is 14.5 Å². The Kier molecular flexibility index (Phi) is 5.15. The summed E-state index contributed by atoms with van der Waals surface area (Å²) in [5.74, 6) is 0.889. The second-order valence-corrected chi connectivity index (χ2v) is 4.86. The largest absolute Gasteiger partial charge is 0.364 e. The molecule has 1 rings (SSSR count). The molecule has 5 nitrogen and oxygen atoms in total. The fourth-order valence-electron chi connectivity index (χ4n) is 1.50. The zero-order valence-electron chi connectivity index (χ0n) is 11.1. The van der Waals surface area contributed by atoms with E-state index in [9.17, 15) is 4.79 Å². The molecule has 1 aromatic rings. The summed E-state index contributed by atoms with van der Waals surface area (Å²) in [7, 11) is 3.99. The van der Waals surface area contributed by atoms with Gasteiger partial charge in [-0.1, -0.05) is 13.8 Å². The minimum Gasteiger partial charge on any atom is -0.364 e. The van der Waals surface area contributed by atoms with E-state index in [0.29, 0.717) is 11.7 Å². The first kappa shape index (κ1) is 13.7. The Labute approximate surface area is 102 Å². The monoisotopic (exact) mass is 238 g/mol. The summed E-state index contributed by atoms with van der Waals surface area (Å²) in [6, 6.07) is 0. The Balaban J connectivity index is 2.70. The summed E-state index contributed by atoms with van der Waals surface area (Å²) in [5, 5.41) is 3.07. The van der Waals surface area contributed by atoms with Gasteiger partial charge >= 0.3 is 0 Å². The third-order valence-corrected chi connectivity index (χ3v) is 2.33. The van der Waals surface area contributed by atoms with Crippen LogP contribution in [0.3, 0.4) is 0 Å². The number of hydrogen-bond acceptors (Lipinski definition) is 4. The maximum absolute atomic E-state index is 12.0. The molecule has 0 aliphatic heterocycles. The quantitative estimate of drug-likeness (QED) is 0.799. The average molecular weight is 238 g/mol. The molecule has 0 bridgehead atoms. The summed E-state index contributed by atoms with van der Waals surface area (Å²) in [6.07, 6.45) is 3.40. The van der Waals surface area contributed by atoms with E-state index in [1.807, 2.05) is 14.1 Å². The molecule has 1 aromatic heterocycles. The van der Waals surface area contributed by atoms with Gasteiger partial charge in [-0.25, -0.2) is 4.98 Å². The Bertz CT molecular complexity index is 398. The molecule has 0 saturated carbocycles. The molecular formula is C12H22N4O. The highest BCUT2D eigenvalue weighted by Crippen LogP contribution is 1.98. The van der Waals surface area contributed by atoms with Crippen molar-refractivity contribution in [3.63, 3.8) is 0 Å². The van der Waals surface area contributed by atoms with E-state index in [2.05, 4.69) is 29.0 Å². The lowest BCUT2D eigenvalue weighted by Crippen LogP contribution is -2.28. The number of nitrogens with one attached hydrogen (secondary N) is 1. The average Bonchev–Trinajstić information content (AvgIpc) is 2.22. The first-order valence-electron chi connectivity index (χ1n) is 5.94. The maximum Gasteiger partial charge on any atom is 0.293 e. The summed E-state index contributed by atoms with van der Waals surface area (Å²) in [5.41, 5.74) is -0.0417. The highest BCUT2D eigenvalue weighted by Gasteiger charge is 2.05. The molecular weight excluding hydrogens is 216 g/mol. The number of rotatable bonds is 6. The molecule has 17 heavy (non-hydrogen) atoms. The van der Waals surface area contributed by atoms with Crippen molar-refractivity contribution in [3.05, 3.63) is 22.7 Å². The molecule has 0 amide bonds. The Morgan fingerprint density at radius 3 is 2.76 bits per heavy atom. The van der Waals surface area contributed by atoms with Gasteiger partial charge in [0.15, 0.2) is 5.82 Å². The van der Waals surface area contributed by atoms with Crippen LogP contribution in [0.4, 0.5) is 5.82 Å². The first-order chi connectivity index (χ1) is 8.00. The fourth-order valence-corrected chi connectivity index (χ4v) is 1.50. The SMILES string of the molecule is CC(C)Cn1ccnc(NCCN(C)C)c1=O. The maximum atomic E-state index is 12.0. The van der Waals surface area contributed by atoms with Crippen LogP contribution < -0.4 is 10.9 Å². The van der Waals surface area contributed by atoms with Crippen molar-refractivity contribution in [2.45, 2.75) is 20.4 Å². The Morgan fingerprint density at radius 1 is 1.47 bits per heavy atom. The molecule has 0 saturated heterocycles. The standard InChI is InChI=1S/C12H22N4O/c1-10(2)9-16-8-6-14-11(12(16)17)13-5-7-15(3)4/h6,8,10H,5,7,9H2,1-4H3,(H,13,14). The molecule has 0 aliphatic carbocycles. The fraction of sp³-hybridized carbons (Fsp3) is 0.667. The van der Waals surface area contributed by atoms with Crippen LogP contribution in [0.15, 0.2) is 17.2 Å². The lowest BCUT2D eigenvalue weighted by Gasteiger charge is -2.12. The van der Waals surface area contributed by atoms with Gasteiger partial charge in [-0.15, -0.1) is 0 Å². The topological polar surface area (TPSA) is 50.2 Å². The number of aromatic nitrogens is 2. The molecule has 0 aliphatic rings. The Hall–Kier alpha value is -1.36. The molecule has 5 heteroatoms. The van der Waals surface area contributed by atoms with Crippen molar-refractivity contribution < 1.29 is 0 Å². The molecule has 0 fully saturated rings. The summed E-state index contributed by atoms with van der Waals surface area (Å²) in [6.45, 7) is 6.50. The van der Waals surface area contributed by atoms with Gasteiger partial charge in [-0.3, -0.25) is 4.79 Å². The van der Waals surface area contributed by atoms with Crippen LogP contribution in [0.2, 0.25) is 0 Å². The molecule has 0 spiro atoms. The molecule has 0 unspecified atom stereocenters. The number of nitrogens with zero attached hydrogens (tertiary/aromatic N) is 3. The van der Waals surface area contributed by atoms with Gasteiger partial charge in [0.2, 0.25) is 0 Å². The van der Waals surface area contributed by atoms with Crippen LogP contribution in [0.25, 0.3) is 0 Å². The van der Waals surface area contributed by atoms with E-state index in [0.717, 1.165) is 19.6 Å². The van der Waals surface area contributed by atoms with Crippen LogP contribution >= 0.6 is 0 Å². The smallest absolute Gasteiger partial charge is 0.293 e. The zero-order valence-corrected chi connectivity index (χ0v) is 11.1. The van der Waals surface area contributed by atoms with Crippen LogP contribution in [-0.4, -0.2) is 41.6 Å². The molecule has 0 radical (unpaired) electrons. The molecule has 96 valence electrons. The lowest BCUT2D eigenvalue weighted by molar-refractivity contribution is 0.425. The van der Waals surface area contributed by atoms with E-state index >= 15 is 0 Å². The third kappa shape index (κ3) is 4.56.